The lowest BCUT2D eigenvalue weighted by atomic mass is 9.99. The largest absolute Gasteiger partial charge is 0.449 e. The highest BCUT2D eigenvalue weighted by Crippen LogP contribution is 2.39. The number of hydrogen-bond donors (Lipinski definition) is 0. The van der Waals surface area contributed by atoms with Crippen molar-refractivity contribution >= 4 is 5.91 Å². The average Bonchev–Trinajstić information content (AvgIpc) is 3.53. The molecule has 1 amide bonds. The molecule has 5 rings (SSSR count). The van der Waals surface area contributed by atoms with E-state index in [0.717, 1.165) is 55.7 Å². The van der Waals surface area contributed by atoms with Crippen LogP contribution in [0.4, 0.5) is 4.39 Å². The van der Waals surface area contributed by atoms with Crippen molar-refractivity contribution in [3.63, 3.8) is 0 Å². The second kappa shape index (κ2) is 8.33. The molecule has 31 heavy (non-hydrogen) atoms. The highest BCUT2D eigenvalue weighted by Gasteiger charge is 2.28. The lowest BCUT2D eigenvalue weighted by Gasteiger charge is -2.29. The van der Waals surface area contributed by atoms with Crippen molar-refractivity contribution in [1.82, 2.24) is 14.5 Å². The Morgan fingerprint density at radius 3 is 2.45 bits per heavy atom. The summed E-state index contributed by atoms with van der Waals surface area (Å²) in [6.07, 6.45) is 8.52. The van der Waals surface area contributed by atoms with Gasteiger partial charge < -0.3 is 13.9 Å². The first-order valence-electron chi connectivity index (χ1n) is 11.3. The Kier molecular flexibility index (Phi) is 5.38. The van der Waals surface area contributed by atoms with Crippen molar-refractivity contribution in [2.45, 2.75) is 51.5 Å². The SMILES string of the molecule is CC1CCN(C(=O)c2ccc(-c3c(-c4ccc(F)cc4)ncn3C3CCCC3)o2)CC1. The summed E-state index contributed by atoms with van der Waals surface area (Å²) in [5.74, 6) is 1.34. The maximum Gasteiger partial charge on any atom is 0.289 e. The number of carbonyl (C=O) groups is 1. The van der Waals surface area contributed by atoms with Crippen LogP contribution in [0.3, 0.4) is 0 Å². The van der Waals surface area contributed by atoms with E-state index in [9.17, 15) is 9.18 Å². The second-order valence-electron chi connectivity index (χ2n) is 8.93. The topological polar surface area (TPSA) is 51.3 Å². The second-order valence-corrected chi connectivity index (χ2v) is 8.93. The molecule has 1 saturated carbocycles. The molecule has 2 aromatic heterocycles. The number of benzene rings is 1. The lowest BCUT2D eigenvalue weighted by Crippen LogP contribution is -2.37. The fourth-order valence-electron chi connectivity index (χ4n) is 4.83. The molecule has 0 spiro atoms. The molecular weight excluding hydrogens is 393 g/mol. The van der Waals surface area contributed by atoms with Crippen LogP contribution in [0.5, 0.6) is 0 Å². The summed E-state index contributed by atoms with van der Waals surface area (Å²) in [6, 6.07) is 10.4. The zero-order chi connectivity index (χ0) is 21.4. The minimum Gasteiger partial charge on any atom is -0.449 e. The van der Waals surface area contributed by atoms with Gasteiger partial charge in [-0.2, -0.15) is 0 Å². The number of rotatable bonds is 4. The number of furan rings is 1. The molecule has 162 valence electrons. The van der Waals surface area contributed by atoms with E-state index in [1.807, 2.05) is 17.3 Å². The predicted octanol–water partition coefficient (Wildman–Crippen LogP) is 5.94. The van der Waals surface area contributed by atoms with Crippen LogP contribution in [-0.2, 0) is 0 Å². The van der Waals surface area contributed by atoms with Crippen LogP contribution in [0, 0.1) is 11.7 Å². The minimum absolute atomic E-state index is 0.0478. The van der Waals surface area contributed by atoms with Gasteiger partial charge in [0.05, 0.1) is 12.0 Å². The monoisotopic (exact) mass is 421 g/mol. The maximum absolute atomic E-state index is 13.5. The van der Waals surface area contributed by atoms with Crippen LogP contribution in [-0.4, -0.2) is 33.4 Å². The van der Waals surface area contributed by atoms with Crippen molar-refractivity contribution in [3.05, 3.63) is 54.3 Å². The Labute approximate surface area is 181 Å². The highest BCUT2D eigenvalue weighted by molar-refractivity contribution is 5.92. The fraction of sp³-hybridized carbons (Fsp3) is 0.440. The minimum atomic E-state index is -0.276. The molecule has 0 atom stereocenters. The quantitative estimate of drug-likeness (QED) is 0.524. The number of hydrogen-bond acceptors (Lipinski definition) is 3. The van der Waals surface area contributed by atoms with Crippen molar-refractivity contribution in [1.29, 1.82) is 0 Å². The number of halogens is 1. The summed E-state index contributed by atoms with van der Waals surface area (Å²) in [6.45, 7) is 3.78. The third-order valence-corrected chi connectivity index (χ3v) is 6.75. The molecule has 2 fully saturated rings. The lowest BCUT2D eigenvalue weighted by molar-refractivity contribution is 0.0666. The molecule has 3 aromatic rings. The van der Waals surface area contributed by atoms with Gasteiger partial charge in [0.2, 0.25) is 0 Å². The predicted molar refractivity (Wildman–Crippen MR) is 117 cm³/mol. The highest BCUT2D eigenvalue weighted by atomic mass is 19.1. The zero-order valence-corrected chi connectivity index (χ0v) is 17.9. The number of nitrogens with zero attached hydrogens (tertiary/aromatic N) is 3. The molecule has 0 N–H and O–H groups in total. The smallest absolute Gasteiger partial charge is 0.289 e. The molecule has 1 saturated heterocycles. The summed E-state index contributed by atoms with van der Waals surface area (Å²) < 4.78 is 21.8. The van der Waals surface area contributed by atoms with E-state index in [4.69, 9.17) is 4.42 Å². The van der Waals surface area contributed by atoms with Crippen LogP contribution in [0.15, 0.2) is 47.1 Å². The third kappa shape index (κ3) is 3.91. The third-order valence-electron chi connectivity index (χ3n) is 6.75. The summed E-state index contributed by atoms with van der Waals surface area (Å²) in [5.41, 5.74) is 2.46. The molecule has 0 bridgehead atoms. The molecule has 0 radical (unpaired) electrons. The van der Waals surface area contributed by atoms with E-state index >= 15 is 0 Å². The molecule has 1 aliphatic heterocycles. The Balaban J connectivity index is 1.51. The van der Waals surface area contributed by atoms with Gasteiger partial charge >= 0.3 is 0 Å². The number of imidazole rings is 1. The summed E-state index contributed by atoms with van der Waals surface area (Å²) >= 11 is 0. The van der Waals surface area contributed by atoms with Crippen LogP contribution < -0.4 is 0 Å². The van der Waals surface area contributed by atoms with Gasteiger partial charge in [0.25, 0.3) is 5.91 Å². The Morgan fingerprint density at radius 2 is 1.74 bits per heavy atom. The van der Waals surface area contributed by atoms with Gasteiger partial charge in [0, 0.05) is 24.7 Å². The number of aromatic nitrogens is 2. The van der Waals surface area contributed by atoms with Gasteiger partial charge in [-0.25, -0.2) is 9.37 Å². The van der Waals surface area contributed by atoms with Crippen LogP contribution in [0.2, 0.25) is 0 Å². The van der Waals surface area contributed by atoms with Crippen molar-refractivity contribution in [2.75, 3.05) is 13.1 Å². The molecule has 3 heterocycles. The first kappa shape index (κ1) is 20.0. The fourth-order valence-corrected chi connectivity index (χ4v) is 4.83. The molecule has 0 unspecified atom stereocenters. The summed E-state index contributed by atoms with van der Waals surface area (Å²) in [5, 5.41) is 0. The van der Waals surface area contributed by atoms with Crippen molar-refractivity contribution in [3.8, 4) is 22.7 Å². The van der Waals surface area contributed by atoms with Crippen molar-refractivity contribution in [2.24, 2.45) is 5.92 Å². The maximum atomic E-state index is 13.5. The van der Waals surface area contributed by atoms with Gasteiger partial charge in [0.15, 0.2) is 11.5 Å². The molecule has 5 nitrogen and oxygen atoms in total. The standard InChI is InChI=1S/C25H28FN3O2/c1-17-12-14-28(15-13-17)25(30)22-11-10-21(31-22)24-23(18-6-8-19(26)9-7-18)27-16-29(24)20-4-2-3-5-20/h6-11,16-17,20H,2-5,12-15H2,1H3. The summed E-state index contributed by atoms with van der Waals surface area (Å²) in [4.78, 5) is 19.6. The number of carbonyl (C=O) groups excluding carboxylic acids is 1. The molecule has 6 heteroatoms. The van der Waals surface area contributed by atoms with E-state index in [0.29, 0.717) is 23.5 Å². The van der Waals surface area contributed by atoms with Gasteiger partial charge in [-0.15, -0.1) is 0 Å². The van der Waals surface area contributed by atoms with Gasteiger partial charge in [-0.3, -0.25) is 4.79 Å². The Morgan fingerprint density at radius 1 is 1.03 bits per heavy atom. The van der Waals surface area contributed by atoms with Gasteiger partial charge in [-0.1, -0.05) is 19.8 Å². The van der Waals surface area contributed by atoms with E-state index in [1.165, 1.54) is 25.0 Å². The first-order valence-corrected chi connectivity index (χ1v) is 11.3. The Bertz CT molecular complexity index is 1050. The van der Waals surface area contributed by atoms with E-state index < -0.39 is 0 Å². The normalized spacial score (nSPS) is 18.1. The molecule has 1 aromatic carbocycles. The number of likely N-dealkylation sites (tertiary alicyclic amines) is 1. The molecule has 1 aliphatic carbocycles. The van der Waals surface area contributed by atoms with Gasteiger partial charge in [-0.05, 0) is 68.0 Å². The van der Waals surface area contributed by atoms with E-state index in [-0.39, 0.29) is 11.7 Å². The summed E-state index contributed by atoms with van der Waals surface area (Å²) in [7, 11) is 0. The number of piperidine rings is 1. The van der Waals surface area contributed by atoms with Crippen LogP contribution in [0.25, 0.3) is 22.7 Å². The van der Waals surface area contributed by atoms with E-state index in [2.05, 4.69) is 16.5 Å². The van der Waals surface area contributed by atoms with E-state index in [1.54, 1.807) is 18.2 Å². The van der Waals surface area contributed by atoms with Crippen molar-refractivity contribution < 1.29 is 13.6 Å². The van der Waals surface area contributed by atoms with Crippen LogP contribution >= 0.6 is 0 Å². The zero-order valence-electron chi connectivity index (χ0n) is 17.9. The average molecular weight is 422 g/mol. The molecule has 2 aliphatic rings. The first-order chi connectivity index (χ1) is 15.1. The Hall–Kier alpha value is -2.89. The van der Waals surface area contributed by atoms with Crippen LogP contribution in [0.1, 0.15) is 62.0 Å². The van der Waals surface area contributed by atoms with Gasteiger partial charge in [0.1, 0.15) is 11.5 Å². The molecular formula is C25H28FN3O2. The number of amides is 1.